The number of carbonyl (C=O) groups is 2. The van der Waals surface area contributed by atoms with Crippen LogP contribution in [0.3, 0.4) is 0 Å². The van der Waals surface area contributed by atoms with Crippen molar-refractivity contribution in [3.05, 3.63) is 64.1 Å². The second kappa shape index (κ2) is 10.0. The first-order valence-electron chi connectivity index (χ1n) is 10.2. The highest BCUT2D eigenvalue weighted by atomic mass is 79.9. The smallest absolute Gasteiger partial charge is 0.253 e. The van der Waals surface area contributed by atoms with E-state index in [0.29, 0.717) is 11.3 Å². The van der Waals surface area contributed by atoms with E-state index >= 15 is 0 Å². The monoisotopic (exact) mass is 457 g/mol. The van der Waals surface area contributed by atoms with Crippen LogP contribution in [0.5, 0.6) is 0 Å². The van der Waals surface area contributed by atoms with Crippen molar-refractivity contribution in [2.75, 3.05) is 18.4 Å². The zero-order valence-electron chi connectivity index (χ0n) is 17.0. The van der Waals surface area contributed by atoms with Gasteiger partial charge in [0.2, 0.25) is 5.91 Å². The van der Waals surface area contributed by atoms with Gasteiger partial charge < -0.3 is 10.6 Å². The molecule has 29 heavy (non-hydrogen) atoms. The Balaban J connectivity index is 1.69. The SMILES string of the molecule is CCCN(CC(=O)Nc1ccccc1C(=O)NC1CC1)[C@H](C)c1ccccc1Br. The number of halogens is 1. The van der Waals surface area contributed by atoms with Crippen molar-refractivity contribution in [1.29, 1.82) is 0 Å². The van der Waals surface area contributed by atoms with E-state index in [1.807, 2.05) is 30.3 Å². The first kappa shape index (κ1) is 21.5. The van der Waals surface area contributed by atoms with Gasteiger partial charge in [0.1, 0.15) is 0 Å². The van der Waals surface area contributed by atoms with Gasteiger partial charge in [-0.25, -0.2) is 0 Å². The van der Waals surface area contributed by atoms with Crippen molar-refractivity contribution >= 4 is 33.4 Å². The molecule has 0 radical (unpaired) electrons. The van der Waals surface area contributed by atoms with Crippen molar-refractivity contribution < 1.29 is 9.59 Å². The molecule has 154 valence electrons. The van der Waals surface area contributed by atoms with E-state index in [1.54, 1.807) is 12.1 Å². The number of carbonyl (C=O) groups excluding carboxylic acids is 2. The first-order valence-corrected chi connectivity index (χ1v) is 11.0. The molecule has 3 rings (SSSR count). The Morgan fingerprint density at radius 2 is 1.83 bits per heavy atom. The van der Waals surface area contributed by atoms with Crippen molar-refractivity contribution in [2.24, 2.45) is 0 Å². The van der Waals surface area contributed by atoms with Gasteiger partial charge in [-0.05, 0) is 56.5 Å². The van der Waals surface area contributed by atoms with Gasteiger partial charge in [0.25, 0.3) is 5.91 Å². The van der Waals surface area contributed by atoms with Crippen LogP contribution in [0.2, 0.25) is 0 Å². The topological polar surface area (TPSA) is 61.4 Å². The predicted molar refractivity (Wildman–Crippen MR) is 120 cm³/mol. The third kappa shape index (κ3) is 5.90. The number of hydrogen-bond donors (Lipinski definition) is 2. The summed E-state index contributed by atoms with van der Waals surface area (Å²) in [5, 5.41) is 5.93. The van der Waals surface area contributed by atoms with Crippen LogP contribution in [0.25, 0.3) is 0 Å². The molecule has 2 amide bonds. The lowest BCUT2D eigenvalue weighted by Crippen LogP contribution is -2.36. The van der Waals surface area contributed by atoms with E-state index in [2.05, 4.69) is 51.4 Å². The first-order chi connectivity index (χ1) is 14.0. The normalized spacial score (nSPS) is 14.5. The number of benzene rings is 2. The summed E-state index contributed by atoms with van der Waals surface area (Å²) < 4.78 is 1.04. The van der Waals surface area contributed by atoms with Crippen molar-refractivity contribution in [2.45, 2.75) is 45.2 Å². The Morgan fingerprint density at radius 1 is 1.14 bits per heavy atom. The molecule has 2 N–H and O–H groups in total. The molecule has 1 atom stereocenters. The Morgan fingerprint density at radius 3 is 2.52 bits per heavy atom. The van der Waals surface area contributed by atoms with Gasteiger partial charge in [-0.15, -0.1) is 0 Å². The van der Waals surface area contributed by atoms with Gasteiger partial charge in [0.15, 0.2) is 0 Å². The molecular formula is C23H28BrN3O2. The van der Waals surface area contributed by atoms with Crippen LogP contribution in [-0.4, -0.2) is 35.8 Å². The van der Waals surface area contributed by atoms with Crippen molar-refractivity contribution in [1.82, 2.24) is 10.2 Å². The Kier molecular flexibility index (Phi) is 7.45. The lowest BCUT2D eigenvalue weighted by Gasteiger charge is -2.29. The molecule has 0 heterocycles. The Bertz CT molecular complexity index is 867. The molecule has 2 aromatic rings. The number of para-hydroxylation sites is 1. The van der Waals surface area contributed by atoms with Crippen LogP contribution in [0.4, 0.5) is 5.69 Å². The summed E-state index contributed by atoms with van der Waals surface area (Å²) in [5.74, 6) is -0.251. The van der Waals surface area contributed by atoms with Crippen LogP contribution in [-0.2, 0) is 4.79 Å². The van der Waals surface area contributed by atoms with Crippen molar-refractivity contribution in [3.63, 3.8) is 0 Å². The van der Waals surface area contributed by atoms with Crippen LogP contribution in [0.1, 0.15) is 55.1 Å². The molecular weight excluding hydrogens is 430 g/mol. The van der Waals surface area contributed by atoms with Gasteiger partial charge in [-0.3, -0.25) is 14.5 Å². The Labute approximate surface area is 181 Å². The van der Waals surface area contributed by atoms with Gasteiger partial charge in [0.05, 0.1) is 17.8 Å². The molecule has 1 saturated carbocycles. The molecule has 0 unspecified atom stereocenters. The summed E-state index contributed by atoms with van der Waals surface area (Å²) in [7, 11) is 0. The lowest BCUT2D eigenvalue weighted by atomic mass is 10.1. The number of rotatable bonds is 9. The molecule has 6 heteroatoms. The number of anilines is 1. The molecule has 0 saturated heterocycles. The number of amides is 2. The second-order valence-corrected chi connectivity index (χ2v) is 8.36. The van der Waals surface area contributed by atoms with Crippen LogP contribution in [0, 0.1) is 0 Å². The zero-order chi connectivity index (χ0) is 20.8. The van der Waals surface area contributed by atoms with Gasteiger partial charge >= 0.3 is 0 Å². The van der Waals surface area contributed by atoms with Crippen LogP contribution in [0.15, 0.2) is 53.0 Å². The summed E-state index contributed by atoms with van der Waals surface area (Å²) in [6.45, 7) is 5.28. The fourth-order valence-electron chi connectivity index (χ4n) is 3.36. The van der Waals surface area contributed by atoms with Crippen LogP contribution >= 0.6 is 15.9 Å². The summed E-state index contributed by atoms with van der Waals surface area (Å²) in [4.78, 5) is 27.5. The minimum atomic E-state index is -0.129. The van der Waals surface area contributed by atoms with Gasteiger partial charge in [-0.1, -0.05) is 53.2 Å². The standard InChI is InChI=1S/C23H28BrN3O2/c1-3-14-27(16(2)18-8-4-6-10-20(18)24)15-22(28)26-21-11-7-5-9-19(21)23(29)25-17-12-13-17/h4-11,16-17H,3,12-15H2,1-2H3,(H,25,29)(H,26,28)/t16-/m1/s1. The quantitative estimate of drug-likeness (QED) is 0.570. The Hall–Kier alpha value is -2.18. The third-order valence-corrected chi connectivity index (χ3v) is 5.84. The summed E-state index contributed by atoms with van der Waals surface area (Å²) in [6.07, 6.45) is 3.00. The van der Waals surface area contributed by atoms with E-state index in [4.69, 9.17) is 0 Å². The van der Waals surface area contributed by atoms with Gasteiger partial charge in [0, 0.05) is 16.6 Å². The molecule has 2 aromatic carbocycles. The lowest BCUT2D eigenvalue weighted by molar-refractivity contribution is -0.117. The molecule has 1 aliphatic rings. The zero-order valence-corrected chi connectivity index (χ0v) is 18.5. The predicted octanol–water partition coefficient (Wildman–Crippen LogP) is 4.75. The maximum Gasteiger partial charge on any atom is 0.253 e. The highest BCUT2D eigenvalue weighted by Gasteiger charge is 2.25. The molecule has 5 nitrogen and oxygen atoms in total. The average molecular weight is 458 g/mol. The third-order valence-electron chi connectivity index (χ3n) is 5.12. The number of hydrogen-bond acceptors (Lipinski definition) is 3. The van der Waals surface area contributed by atoms with Gasteiger partial charge in [-0.2, -0.15) is 0 Å². The molecule has 1 aliphatic carbocycles. The minimum Gasteiger partial charge on any atom is -0.349 e. The molecule has 0 spiro atoms. The molecule has 1 fully saturated rings. The minimum absolute atomic E-state index is 0.0877. The number of nitrogens with zero attached hydrogens (tertiary/aromatic N) is 1. The summed E-state index contributed by atoms with van der Waals surface area (Å²) >= 11 is 3.61. The molecule has 0 aliphatic heterocycles. The summed E-state index contributed by atoms with van der Waals surface area (Å²) in [6, 6.07) is 15.6. The van der Waals surface area contributed by atoms with Crippen LogP contribution < -0.4 is 10.6 Å². The van der Waals surface area contributed by atoms with E-state index in [9.17, 15) is 9.59 Å². The maximum atomic E-state index is 12.8. The highest BCUT2D eigenvalue weighted by Crippen LogP contribution is 2.28. The van der Waals surface area contributed by atoms with E-state index < -0.39 is 0 Å². The number of nitrogens with one attached hydrogen (secondary N) is 2. The fraction of sp³-hybridized carbons (Fsp3) is 0.391. The molecule has 0 aromatic heterocycles. The van der Waals surface area contributed by atoms with Crippen molar-refractivity contribution in [3.8, 4) is 0 Å². The summed E-state index contributed by atoms with van der Waals surface area (Å²) in [5.41, 5.74) is 2.22. The van der Waals surface area contributed by atoms with E-state index in [-0.39, 0.29) is 30.4 Å². The second-order valence-electron chi connectivity index (χ2n) is 7.51. The average Bonchev–Trinajstić information content (AvgIpc) is 3.52. The van der Waals surface area contributed by atoms with E-state index in [0.717, 1.165) is 35.8 Å². The highest BCUT2D eigenvalue weighted by molar-refractivity contribution is 9.10. The maximum absolute atomic E-state index is 12.8. The largest absolute Gasteiger partial charge is 0.349 e. The fourth-order valence-corrected chi connectivity index (χ4v) is 3.98. The van der Waals surface area contributed by atoms with E-state index in [1.165, 1.54) is 0 Å². The molecule has 0 bridgehead atoms.